The molecule has 1 aromatic heterocycles. The second-order valence-electron chi connectivity index (χ2n) is 3.67. The van der Waals surface area contributed by atoms with Crippen molar-refractivity contribution in [2.45, 2.75) is 19.8 Å². The second-order valence-corrected chi connectivity index (χ2v) is 3.67. The molecule has 1 N–H and O–H groups in total. The van der Waals surface area contributed by atoms with Crippen LogP contribution in [0.5, 0.6) is 0 Å². The van der Waals surface area contributed by atoms with Crippen molar-refractivity contribution in [3.8, 4) is 0 Å². The topological polar surface area (TPSA) is 42.2 Å². The molecule has 3 nitrogen and oxygen atoms in total. The summed E-state index contributed by atoms with van der Waals surface area (Å²) in [5.74, 6) is -1.01. The summed E-state index contributed by atoms with van der Waals surface area (Å²) in [4.78, 5) is 10.9. The van der Waals surface area contributed by atoms with E-state index in [0.717, 1.165) is 5.56 Å². The molecule has 1 aromatic rings. The van der Waals surface area contributed by atoms with Crippen LogP contribution in [0.2, 0.25) is 0 Å². The molecule has 13 heavy (non-hydrogen) atoms. The lowest BCUT2D eigenvalue weighted by Crippen LogP contribution is -2.16. The smallest absolute Gasteiger partial charge is 0.311 e. The minimum Gasteiger partial charge on any atom is -0.481 e. The SMILES string of the molecule is CC(C)C(C(=O)O)c1ccn(C)c1. The average Bonchev–Trinajstić information content (AvgIpc) is 2.34. The van der Waals surface area contributed by atoms with Gasteiger partial charge in [-0.2, -0.15) is 0 Å². The zero-order valence-electron chi connectivity index (χ0n) is 8.19. The number of rotatable bonds is 3. The van der Waals surface area contributed by atoms with Gasteiger partial charge in [0, 0.05) is 19.4 Å². The Morgan fingerprint density at radius 2 is 2.15 bits per heavy atom. The van der Waals surface area contributed by atoms with Gasteiger partial charge in [0.1, 0.15) is 0 Å². The van der Waals surface area contributed by atoms with Crippen molar-refractivity contribution in [2.75, 3.05) is 0 Å². The molecule has 0 aliphatic carbocycles. The third-order valence-electron chi connectivity index (χ3n) is 2.15. The average molecular weight is 181 g/mol. The maximum absolute atomic E-state index is 10.9. The van der Waals surface area contributed by atoms with E-state index in [4.69, 9.17) is 5.11 Å². The molecular weight excluding hydrogens is 166 g/mol. The third-order valence-corrected chi connectivity index (χ3v) is 2.15. The predicted molar refractivity (Wildman–Crippen MR) is 50.6 cm³/mol. The largest absolute Gasteiger partial charge is 0.481 e. The molecule has 0 aromatic carbocycles. The minimum atomic E-state index is -0.749. The highest BCUT2D eigenvalue weighted by Gasteiger charge is 2.23. The molecule has 0 spiro atoms. The number of aryl methyl sites for hydroxylation is 1. The zero-order chi connectivity index (χ0) is 10.0. The fraction of sp³-hybridized carbons (Fsp3) is 0.500. The van der Waals surface area contributed by atoms with Crippen LogP contribution in [0.15, 0.2) is 18.5 Å². The highest BCUT2D eigenvalue weighted by molar-refractivity contribution is 5.76. The Balaban J connectivity index is 2.95. The van der Waals surface area contributed by atoms with Crippen LogP contribution in [0.25, 0.3) is 0 Å². The lowest BCUT2D eigenvalue weighted by molar-refractivity contribution is -0.139. The molecule has 1 heterocycles. The zero-order valence-corrected chi connectivity index (χ0v) is 8.19. The van der Waals surface area contributed by atoms with Crippen LogP contribution in [0, 0.1) is 5.92 Å². The van der Waals surface area contributed by atoms with E-state index in [2.05, 4.69) is 0 Å². The van der Waals surface area contributed by atoms with Crippen LogP contribution < -0.4 is 0 Å². The fourth-order valence-corrected chi connectivity index (χ4v) is 1.52. The van der Waals surface area contributed by atoms with Crippen LogP contribution in [-0.2, 0) is 11.8 Å². The van der Waals surface area contributed by atoms with E-state index >= 15 is 0 Å². The molecule has 3 heteroatoms. The minimum absolute atomic E-state index is 0.125. The first-order valence-corrected chi connectivity index (χ1v) is 4.37. The summed E-state index contributed by atoms with van der Waals surface area (Å²) in [7, 11) is 1.89. The van der Waals surface area contributed by atoms with Gasteiger partial charge in [-0.1, -0.05) is 13.8 Å². The number of carboxylic acid groups (broad SMARTS) is 1. The Kier molecular flexibility index (Phi) is 2.76. The summed E-state index contributed by atoms with van der Waals surface area (Å²) in [6.45, 7) is 3.84. The monoisotopic (exact) mass is 181 g/mol. The van der Waals surface area contributed by atoms with Gasteiger partial charge in [-0.25, -0.2) is 0 Å². The van der Waals surface area contributed by atoms with E-state index in [1.54, 1.807) is 0 Å². The molecule has 0 aliphatic heterocycles. The van der Waals surface area contributed by atoms with E-state index in [1.807, 2.05) is 43.9 Å². The maximum Gasteiger partial charge on any atom is 0.311 e. The van der Waals surface area contributed by atoms with Gasteiger partial charge in [0.25, 0.3) is 0 Å². The number of nitrogens with zero attached hydrogens (tertiary/aromatic N) is 1. The number of hydrogen-bond acceptors (Lipinski definition) is 1. The van der Waals surface area contributed by atoms with E-state index in [-0.39, 0.29) is 11.8 Å². The molecule has 0 saturated carbocycles. The fourth-order valence-electron chi connectivity index (χ4n) is 1.52. The van der Waals surface area contributed by atoms with E-state index in [1.165, 1.54) is 0 Å². The molecule has 0 bridgehead atoms. The van der Waals surface area contributed by atoms with E-state index < -0.39 is 5.97 Å². The van der Waals surface area contributed by atoms with Crippen LogP contribution in [0.3, 0.4) is 0 Å². The predicted octanol–water partition coefficient (Wildman–Crippen LogP) is 1.85. The Morgan fingerprint density at radius 1 is 1.54 bits per heavy atom. The van der Waals surface area contributed by atoms with Crippen LogP contribution in [0.1, 0.15) is 25.3 Å². The van der Waals surface area contributed by atoms with Crippen molar-refractivity contribution in [3.05, 3.63) is 24.0 Å². The van der Waals surface area contributed by atoms with Gasteiger partial charge in [-0.15, -0.1) is 0 Å². The normalized spacial score (nSPS) is 13.2. The molecule has 0 aliphatic rings. The number of carboxylic acids is 1. The first kappa shape index (κ1) is 9.84. The third kappa shape index (κ3) is 2.11. The van der Waals surface area contributed by atoms with Gasteiger partial charge >= 0.3 is 5.97 Å². The van der Waals surface area contributed by atoms with Gasteiger partial charge in [-0.3, -0.25) is 4.79 Å². The summed E-state index contributed by atoms with van der Waals surface area (Å²) >= 11 is 0. The first-order chi connectivity index (χ1) is 6.02. The van der Waals surface area contributed by atoms with Crippen LogP contribution in [-0.4, -0.2) is 15.6 Å². The quantitative estimate of drug-likeness (QED) is 0.773. The van der Waals surface area contributed by atoms with Crippen molar-refractivity contribution in [3.63, 3.8) is 0 Å². The molecule has 1 unspecified atom stereocenters. The molecule has 1 rings (SSSR count). The van der Waals surface area contributed by atoms with Crippen molar-refractivity contribution < 1.29 is 9.90 Å². The molecule has 0 amide bonds. The van der Waals surface area contributed by atoms with Crippen molar-refractivity contribution in [1.82, 2.24) is 4.57 Å². The van der Waals surface area contributed by atoms with Crippen molar-refractivity contribution >= 4 is 5.97 Å². The Bertz CT molecular complexity index is 302. The highest BCUT2D eigenvalue weighted by atomic mass is 16.4. The van der Waals surface area contributed by atoms with Gasteiger partial charge in [-0.05, 0) is 17.5 Å². The first-order valence-electron chi connectivity index (χ1n) is 4.37. The van der Waals surface area contributed by atoms with Crippen LogP contribution >= 0.6 is 0 Å². The van der Waals surface area contributed by atoms with Crippen LogP contribution in [0.4, 0.5) is 0 Å². The molecule has 0 saturated heterocycles. The van der Waals surface area contributed by atoms with Gasteiger partial charge in [0.2, 0.25) is 0 Å². The standard InChI is InChI=1S/C10H15NO2/c1-7(2)9(10(12)13)8-4-5-11(3)6-8/h4-7,9H,1-3H3,(H,12,13). The van der Waals surface area contributed by atoms with E-state index in [9.17, 15) is 4.79 Å². The summed E-state index contributed by atoms with van der Waals surface area (Å²) in [6.07, 6.45) is 3.73. The Hall–Kier alpha value is -1.25. The number of aromatic nitrogens is 1. The maximum atomic E-state index is 10.9. The lowest BCUT2D eigenvalue weighted by Gasteiger charge is -2.14. The summed E-state index contributed by atoms with van der Waals surface area (Å²) in [6, 6.07) is 1.86. The molecule has 0 fully saturated rings. The van der Waals surface area contributed by atoms with E-state index in [0.29, 0.717) is 0 Å². The van der Waals surface area contributed by atoms with Gasteiger partial charge in [0.15, 0.2) is 0 Å². The molecule has 1 atom stereocenters. The number of aliphatic carboxylic acids is 1. The highest BCUT2D eigenvalue weighted by Crippen LogP contribution is 2.24. The summed E-state index contributed by atoms with van der Waals surface area (Å²) in [5.41, 5.74) is 0.880. The molecule has 72 valence electrons. The summed E-state index contributed by atoms with van der Waals surface area (Å²) < 4.78 is 1.87. The molecular formula is C10H15NO2. The van der Waals surface area contributed by atoms with Crippen molar-refractivity contribution in [2.24, 2.45) is 13.0 Å². The summed E-state index contributed by atoms with van der Waals surface area (Å²) in [5, 5.41) is 9.00. The molecule has 0 radical (unpaired) electrons. The van der Waals surface area contributed by atoms with Gasteiger partial charge < -0.3 is 9.67 Å². The number of hydrogen-bond donors (Lipinski definition) is 1. The Morgan fingerprint density at radius 3 is 2.46 bits per heavy atom. The second kappa shape index (κ2) is 3.64. The number of carbonyl (C=O) groups is 1. The van der Waals surface area contributed by atoms with Crippen molar-refractivity contribution in [1.29, 1.82) is 0 Å². The Labute approximate surface area is 78.0 Å². The lowest BCUT2D eigenvalue weighted by atomic mass is 9.90. The van der Waals surface area contributed by atoms with Gasteiger partial charge in [0.05, 0.1) is 5.92 Å².